The number of nitrogens with zero attached hydrogens (tertiary/aromatic N) is 1. The standard InChI is InChI=1S/C11H19NO2/c13-11(14)8-9-4-3-7-12-6-2-1-5-10(9)12/h9-10H,1-8H2,(H,13,14)/t9-,10?/m0/s1. The topological polar surface area (TPSA) is 40.5 Å². The molecular formula is C11H19NO2. The van der Waals surface area contributed by atoms with Gasteiger partial charge in [-0.1, -0.05) is 6.42 Å². The summed E-state index contributed by atoms with van der Waals surface area (Å²) in [6.45, 7) is 2.39. The van der Waals surface area contributed by atoms with Crippen molar-refractivity contribution in [2.24, 2.45) is 5.92 Å². The number of carboxylic acids is 1. The van der Waals surface area contributed by atoms with Crippen LogP contribution in [0.1, 0.15) is 38.5 Å². The Kier molecular flexibility index (Phi) is 3.06. The fraction of sp³-hybridized carbons (Fsp3) is 0.909. The number of carbonyl (C=O) groups is 1. The van der Waals surface area contributed by atoms with Gasteiger partial charge in [-0.25, -0.2) is 0 Å². The molecule has 14 heavy (non-hydrogen) atoms. The van der Waals surface area contributed by atoms with Gasteiger partial charge in [0.1, 0.15) is 0 Å². The highest BCUT2D eigenvalue weighted by atomic mass is 16.4. The van der Waals surface area contributed by atoms with Crippen LogP contribution >= 0.6 is 0 Å². The summed E-state index contributed by atoms with van der Waals surface area (Å²) in [5, 5.41) is 8.84. The highest BCUT2D eigenvalue weighted by molar-refractivity contribution is 5.67. The SMILES string of the molecule is O=C(O)C[C@@H]1CCCN2CCCCC12. The number of aliphatic carboxylic acids is 1. The predicted octanol–water partition coefficient (Wildman–Crippen LogP) is 1.73. The molecule has 0 amide bonds. The quantitative estimate of drug-likeness (QED) is 0.733. The Morgan fingerprint density at radius 1 is 1.21 bits per heavy atom. The van der Waals surface area contributed by atoms with Crippen molar-refractivity contribution in [2.45, 2.75) is 44.6 Å². The first-order valence-corrected chi connectivity index (χ1v) is 5.73. The van der Waals surface area contributed by atoms with E-state index >= 15 is 0 Å². The van der Waals surface area contributed by atoms with Crippen LogP contribution < -0.4 is 0 Å². The van der Waals surface area contributed by atoms with Crippen molar-refractivity contribution in [3.8, 4) is 0 Å². The van der Waals surface area contributed by atoms with Crippen LogP contribution in [0.3, 0.4) is 0 Å². The largest absolute Gasteiger partial charge is 0.481 e. The average molecular weight is 197 g/mol. The smallest absolute Gasteiger partial charge is 0.303 e. The molecule has 2 heterocycles. The van der Waals surface area contributed by atoms with Crippen molar-refractivity contribution in [1.29, 1.82) is 0 Å². The highest BCUT2D eigenvalue weighted by Crippen LogP contribution is 2.32. The van der Waals surface area contributed by atoms with Crippen molar-refractivity contribution in [3.05, 3.63) is 0 Å². The minimum atomic E-state index is -0.623. The molecule has 2 saturated heterocycles. The summed E-state index contributed by atoms with van der Waals surface area (Å²) in [6, 6.07) is 0.577. The molecule has 0 aromatic carbocycles. The van der Waals surface area contributed by atoms with Crippen LogP contribution in [0.4, 0.5) is 0 Å². The molecule has 0 aliphatic carbocycles. The molecule has 0 spiro atoms. The highest BCUT2D eigenvalue weighted by Gasteiger charge is 2.33. The lowest BCUT2D eigenvalue weighted by atomic mass is 9.82. The van der Waals surface area contributed by atoms with Crippen molar-refractivity contribution in [2.75, 3.05) is 13.1 Å². The molecule has 2 aliphatic heterocycles. The van der Waals surface area contributed by atoms with Crippen LogP contribution in [0.2, 0.25) is 0 Å². The zero-order valence-electron chi connectivity index (χ0n) is 8.61. The fourth-order valence-electron chi connectivity index (χ4n) is 3.04. The van der Waals surface area contributed by atoms with Gasteiger partial charge in [0.05, 0.1) is 0 Å². The lowest BCUT2D eigenvalue weighted by Gasteiger charge is -2.44. The maximum Gasteiger partial charge on any atom is 0.303 e. The number of hydrogen-bond acceptors (Lipinski definition) is 2. The lowest BCUT2D eigenvalue weighted by Crippen LogP contribution is -2.48. The van der Waals surface area contributed by atoms with E-state index in [1.54, 1.807) is 0 Å². The maximum atomic E-state index is 10.7. The Bertz CT molecular complexity index is 215. The summed E-state index contributed by atoms with van der Waals surface area (Å²) in [7, 11) is 0. The van der Waals surface area contributed by atoms with Crippen molar-refractivity contribution in [3.63, 3.8) is 0 Å². The monoisotopic (exact) mass is 197 g/mol. The van der Waals surface area contributed by atoms with E-state index in [9.17, 15) is 4.79 Å². The number of fused-ring (bicyclic) bond motifs is 1. The van der Waals surface area contributed by atoms with Crippen LogP contribution in [0.25, 0.3) is 0 Å². The molecule has 80 valence electrons. The third-order valence-electron chi connectivity index (χ3n) is 3.67. The average Bonchev–Trinajstić information content (AvgIpc) is 2.18. The van der Waals surface area contributed by atoms with Gasteiger partial charge in [0, 0.05) is 12.5 Å². The van der Waals surface area contributed by atoms with Gasteiger partial charge in [0.2, 0.25) is 0 Å². The summed E-state index contributed by atoms with van der Waals surface area (Å²) < 4.78 is 0. The zero-order valence-corrected chi connectivity index (χ0v) is 8.61. The predicted molar refractivity (Wildman–Crippen MR) is 54.2 cm³/mol. The Labute approximate surface area is 85.1 Å². The van der Waals surface area contributed by atoms with Gasteiger partial charge in [-0.3, -0.25) is 4.79 Å². The van der Waals surface area contributed by atoms with E-state index in [4.69, 9.17) is 5.11 Å². The second kappa shape index (κ2) is 4.30. The molecule has 3 heteroatoms. The van der Waals surface area contributed by atoms with Gasteiger partial charge < -0.3 is 10.0 Å². The van der Waals surface area contributed by atoms with Crippen molar-refractivity contribution < 1.29 is 9.90 Å². The molecule has 2 rings (SSSR count). The third kappa shape index (κ3) is 2.08. The van der Waals surface area contributed by atoms with Crippen LogP contribution in [0.5, 0.6) is 0 Å². The number of piperidine rings is 2. The number of carboxylic acid groups (broad SMARTS) is 1. The third-order valence-corrected chi connectivity index (χ3v) is 3.67. The van der Waals surface area contributed by atoms with Gasteiger partial charge >= 0.3 is 5.97 Å². The molecule has 0 saturated carbocycles. The Morgan fingerprint density at radius 2 is 2.00 bits per heavy atom. The van der Waals surface area contributed by atoms with Crippen LogP contribution in [0.15, 0.2) is 0 Å². The molecule has 1 N–H and O–H groups in total. The van der Waals surface area contributed by atoms with E-state index in [-0.39, 0.29) is 0 Å². The summed E-state index contributed by atoms with van der Waals surface area (Å²) in [4.78, 5) is 13.2. The van der Waals surface area contributed by atoms with Gasteiger partial charge in [0.25, 0.3) is 0 Å². The molecule has 0 aromatic rings. The minimum Gasteiger partial charge on any atom is -0.481 e. The Hall–Kier alpha value is -0.570. The second-order valence-corrected chi connectivity index (χ2v) is 4.60. The van der Waals surface area contributed by atoms with Gasteiger partial charge in [-0.2, -0.15) is 0 Å². The van der Waals surface area contributed by atoms with Crippen LogP contribution in [-0.2, 0) is 4.79 Å². The van der Waals surface area contributed by atoms with E-state index in [1.165, 1.54) is 38.8 Å². The van der Waals surface area contributed by atoms with Gasteiger partial charge in [0.15, 0.2) is 0 Å². The molecule has 0 radical (unpaired) electrons. The van der Waals surface area contributed by atoms with Crippen LogP contribution in [0, 0.1) is 5.92 Å². The van der Waals surface area contributed by atoms with E-state index < -0.39 is 5.97 Å². The first-order chi connectivity index (χ1) is 6.77. The molecule has 1 unspecified atom stereocenters. The zero-order chi connectivity index (χ0) is 9.97. The van der Waals surface area contributed by atoms with Crippen molar-refractivity contribution in [1.82, 2.24) is 4.90 Å². The molecule has 0 bridgehead atoms. The molecule has 3 nitrogen and oxygen atoms in total. The van der Waals surface area contributed by atoms with Gasteiger partial charge in [-0.05, 0) is 44.7 Å². The molecule has 2 aliphatic rings. The first kappa shape index (κ1) is 9.97. The molecule has 2 atom stereocenters. The number of hydrogen-bond donors (Lipinski definition) is 1. The number of rotatable bonds is 2. The van der Waals surface area contributed by atoms with E-state index in [0.29, 0.717) is 18.4 Å². The summed E-state index contributed by atoms with van der Waals surface area (Å²) in [5.74, 6) is -0.205. The Morgan fingerprint density at radius 3 is 2.79 bits per heavy atom. The molecular weight excluding hydrogens is 178 g/mol. The van der Waals surface area contributed by atoms with E-state index in [2.05, 4.69) is 4.90 Å². The summed E-state index contributed by atoms with van der Waals surface area (Å²) in [6.07, 6.45) is 6.49. The summed E-state index contributed by atoms with van der Waals surface area (Å²) in [5.41, 5.74) is 0. The molecule has 0 aromatic heterocycles. The minimum absolute atomic E-state index is 0.376. The van der Waals surface area contributed by atoms with Crippen molar-refractivity contribution >= 4 is 5.97 Å². The lowest BCUT2D eigenvalue weighted by molar-refractivity contribution is -0.139. The summed E-state index contributed by atoms with van der Waals surface area (Å²) >= 11 is 0. The molecule has 2 fully saturated rings. The van der Waals surface area contributed by atoms with Crippen LogP contribution in [-0.4, -0.2) is 35.1 Å². The van der Waals surface area contributed by atoms with E-state index in [1.807, 2.05) is 0 Å². The second-order valence-electron chi connectivity index (χ2n) is 4.60. The Balaban J connectivity index is 1.97. The van der Waals surface area contributed by atoms with Gasteiger partial charge in [-0.15, -0.1) is 0 Å². The normalized spacial score (nSPS) is 33.7. The first-order valence-electron chi connectivity index (χ1n) is 5.73. The van der Waals surface area contributed by atoms with E-state index in [0.717, 1.165) is 6.42 Å². The fourth-order valence-corrected chi connectivity index (χ4v) is 3.04. The maximum absolute atomic E-state index is 10.7.